The second kappa shape index (κ2) is 7.02. The first kappa shape index (κ1) is 12.7. The number of nitrogens with one attached hydrogen (secondary N) is 1. The van der Waals surface area contributed by atoms with E-state index in [1.807, 2.05) is 0 Å². The lowest BCUT2D eigenvalue weighted by Gasteiger charge is -2.32. The van der Waals surface area contributed by atoms with Crippen LogP contribution >= 0.6 is 0 Å². The molecule has 0 radical (unpaired) electrons. The zero-order valence-corrected chi connectivity index (χ0v) is 10.4. The maximum Gasteiger partial charge on any atom is 0.0192 e. The van der Waals surface area contributed by atoms with Crippen LogP contribution in [0.1, 0.15) is 39.5 Å². The van der Waals surface area contributed by atoms with Gasteiger partial charge in [0.25, 0.3) is 0 Å². The van der Waals surface area contributed by atoms with Gasteiger partial charge >= 0.3 is 0 Å². The summed E-state index contributed by atoms with van der Waals surface area (Å²) in [4.78, 5) is 2.61. The molecule has 0 aliphatic carbocycles. The molecule has 1 rings (SSSR count). The molecule has 1 N–H and O–H groups in total. The van der Waals surface area contributed by atoms with Crippen molar-refractivity contribution in [1.29, 1.82) is 0 Å². The summed E-state index contributed by atoms with van der Waals surface area (Å²) in [7, 11) is 0. The van der Waals surface area contributed by atoms with Gasteiger partial charge in [0.05, 0.1) is 0 Å². The van der Waals surface area contributed by atoms with Crippen LogP contribution in [0, 0.1) is 0 Å². The highest BCUT2D eigenvalue weighted by atomic mass is 15.2. The molecule has 1 fully saturated rings. The molecule has 15 heavy (non-hydrogen) atoms. The van der Waals surface area contributed by atoms with Crippen LogP contribution in [0.15, 0.2) is 12.2 Å². The Kier molecular flexibility index (Phi) is 5.96. The average molecular weight is 210 g/mol. The van der Waals surface area contributed by atoms with Gasteiger partial charge in [0.2, 0.25) is 0 Å². The van der Waals surface area contributed by atoms with E-state index in [0.29, 0.717) is 6.04 Å². The summed E-state index contributed by atoms with van der Waals surface area (Å²) in [5.41, 5.74) is 1.27. The molecule has 88 valence electrons. The molecule has 1 heterocycles. The predicted molar refractivity (Wildman–Crippen MR) is 67.2 cm³/mol. The van der Waals surface area contributed by atoms with E-state index in [9.17, 15) is 0 Å². The first-order valence-electron chi connectivity index (χ1n) is 6.29. The van der Waals surface area contributed by atoms with E-state index in [4.69, 9.17) is 0 Å². The third-order valence-electron chi connectivity index (χ3n) is 3.18. The lowest BCUT2D eigenvalue weighted by molar-refractivity contribution is 0.171. The molecule has 1 aliphatic heterocycles. The first-order chi connectivity index (χ1) is 7.20. The van der Waals surface area contributed by atoms with Gasteiger partial charge in [-0.2, -0.15) is 0 Å². The summed E-state index contributed by atoms with van der Waals surface area (Å²) in [5, 5.41) is 3.51. The van der Waals surface area contributed by atoms with Gasteiger partial charge in [-0.05, 0) is 52.7 Å². The van der Waals surface area contributed by atoms with Crippen molar-refractivity contribution in [2.45, 2.75) is 45.6 Å². The van der Waals surface area contributed by atoms with Crippen LogP contribution in [0.3, 0.4) is 0 Å². The minimum Gasteiger partial charge on any atom is -0.315 e. The Hall–Kier alpha value is -0.340. The Morgan fingerprint density at radius 3 is 2.60 bits per heavy atom. The zero-order valence-electron chi connectivity index (χ0n) is 10.4. The van der Waals surface area contributed by atoms with Gasteiger partial charge in [0, 0.05) is 12.6 Å². The summed E-state index contributed by atoms with van der Waals surface area (Å²) >= 11 is 0. The summed E-state index contributed by atoms with van der Waals surface area (Å²) in [6, 6.07) is 0.690. The maximum atomic E-state index is 3.91. The lowest BCUT2D eigenvalue weighted by atomic mass is 10.1. The lowest BCUT2D eigenvalue weighted by Crippen LogP contribution is -2.43. The first-order valence-corrected chi connectivity index (χ1v) is 6.29. The molecule has 2 nitrogen and oxygen atoms in total. The monoisotopic (exact) mass is 210 g/mol. The Labute approximate surface area is 94.7 Å². The fourth-order valence-electron chi connectivity index (χ4n) is 2.10. The Balaban J connectivity index is 2.06. The molecule has 0 spiro atoms. The van der Waals surface area contributed by atoms with Crippen molar-refractivity contribution >= 4 is 0 Å². The molecule has 0 amide bonds. The molecular weight excluding hydrogens is 184 g/mol. The zero-order chi connectivity index (χ0) is 11.1. The van der Waals surface area contributed by atoms with E-state index >= 15 is 0 Å². The van der Waals surface area contributed by atoms with Crippen molar-refractivity contribution < 1.29 is 0 Å². The minimum atomic E-state index is 0.690. The predicted octanol–water partition coefficient (Wildman–Crippen LogP) is 2.42. The molecule has 0 aromatic heterocycles. The summed E-state index contributed by atoms with van der Waals surface area (Å²) in [6.45, 7) is 13.1. The second-order valence-electron chi connectivity index (χ2n) is 4.86. The summed E-state index contributed by atoms with van der Waals surface area (Å²) < 4.78 is 0. The van der Waals surface area contributed by atoms with Crippen molar-refractivity contribution in [2.24, 2.45) is 0 Å². The highest BCUT2D eigenvalue weighted by Gasteiger charge is 2.15. The molecule has 1 unspecified atom stereocenters. The van der Waals surface area contributed by atoms with Gasteiger partial charge in [0.15, 0.2) is 0 Å². The van der Waals surface area contributed by atoms with Gasteiger partial charge in [0.1, 0.15) is 0 Å². The number of nitrogens with zero attached hydrogens (tertiary/aromatic N) is 1. The van der Waals surface area contributed by atoms with E-state index in [2.05, 4.69) is 30.6 Å². The normalized spacial score (nSPS) is 20.1. The van der Waals surface area contributed by atoms with Crippen LogP contribution in [-0.2, 0) is 0 Å². The molecular formula is C13H26N2. The second-order valence-corrected chi connectivity index (χ2v) is 4.86. The fraction of sp³-hybridized carbons (Fsp3) is 0.846. The molecule has 0 saturated carbocycles. The molecule has 0 aromatic rings. The topological polar surface area (TPSA) is 15.3 Å². The molecule has 1 atom stereocenters. The van der Waals surface area contributed by atoms with Crippen molar-refractivity contribution in [3.63, 3.8) is 0 Å². The number of hydrogen-bond acceptors (Lipinski definition) is 2. The SMILES string of the molecule is C=C(C)CCNCC(C)N1CCCCC1. The van der Waals surface area contributed by atoms with Crippen molar-refractivity contribution in [2.75, 3.05) is 26.2 Å². The number of piperidine rings is 1. The Bertz CT molecular complexity index is 183. The highest BCUT2D eigenvalue weighted by molar-refractivity contribution is 4.88. The third-order valence-corrected chi connectivity index (χ3v) is 3.18. The molecule has 1 aliphatic rings. The van der Waals surface area contributed by atoms with Crippen LogP contribution in [0.25, 0.3) is 0 Å². The van der Waals surface area contributed by atoms with E-state index in [-0.39, 0.29) is 0 Å². The summed E-state index contributed by atoms with van der Waals surface area (Å²) in [6.07, 6.45) is 5.30. The number of rotatable bonds is 6. The number of hydrogen-bond donors (Lipinski definition) is 1. The molecule has 2 heteroatoms. The van der Waals surface area contributed by atoms with Crippen molar-refractivity contribution in [3.8, 4) is 0 Å². The van der Waals surface area contributed by atoms with Gasteiger partial charge in [-0.3, -0.25) is 4.90 Å². The fourth-order valence-corrected chi connectivity index (χ4v) is 2.10. The van der Waals surface area contributed by atoms with Gasteiger partial charge in [-0.1, -0.05) is 12.0 Å². The van der Waals surface area contributed by atoms with Gasteiger partial charge in [-0.15, -0.1) is 6.58 Å². The number of likely N-dealkylation sites (tertiary alicyclic amines) is 1. The van der Waals surface area contributed by atoms with E-state index in [0.717, 1.165) is 19.5 Å². The van der Waals surface area contributed by atoms with Crippen molar-refractivity contribution in [3.05, 3.63) is 12.2 Å². The van der Waals surface area contributed by atoms with E-state index in [1.54, 1.807) is 0 Å². The quantitative estimate of drug-likeness (QED) is 0.535. The van der Waals surface area contributed by atoms with Crippen LogP contribution in [0.2, 0.25) is 0 Å². The molecule has 1 saturated heterocycles. The van der Waals surface area contributed by atoms with Crippen LogP contribution in [-0.4, -0.2) is 37.1 Å². The Morgan fingerprint density at radius 2 is 2.00 bits per heavy atom. The molecule has 0 aromatic carbocycles. The van der Waals surface area contributed by atoms with Gasteiger partial charge < -0.3 is 5.32 Å². The van der Waals surface area contributed by atoms with Crippen molar-refractivity contribution in [1.82, 2.24) is 10.2 Å². The highest BCUT2D eigenvalue weighted by Crippen LogP contribution is 2.11. The summed E-state index contributed by atoms with van der Waals surface area (Å²) in [5.74, 6) is 0. The average Bonchev–Trinajstić information content (AvgIpc) is 2.25. The largest absolute Gasteiger partial charge is 0.315 e. The Morgan fingerprint density at radius 1 is 1.33 bits per heavy atom. The molecule has 0 bridgehead atoms. The van der Waals surface area contributed by atoms with Gasteiger partial charge in [-0.25, -0.2) is 0 Å². The van der Waals surface area contributed by atoms with Crippen LogP contribution in [0.4, 0.5) is 0 Å². The smallest absolute Gasteiger partial charge is 0.0192 e. The minimum absolute atomic E-state index is 0.690. The van der Waals surface area contributed by atoms with Crippen LogP contribution in [0.5, 0.6) is 0 Å². The van der Waals surface area contributed by atoms with Crippen LogP contribution < -0.4 is 5.32 Å². The maximum absolute atomic E-state index is 3.91. The van der Waals surface area contributed by atoms with E-state index < -0.39 is 0 Å². The third kappa shape index (κ3) is 5.33. The van der Waals surface area contributed by atoms with E-state index in [1.165, 1.54) is 37.9 Å². The standard InChI is InChI=1S/C13H26N2/c1-12(2)7-8-14-11-13(3)15-9-5-4-6-10-15/h13-14H,1,4-11H2,2-3H3.